The SMILES string of the molecule is CCOc1ccccc1N1CCN(C(=O)C(C)OCC(F)(F)F)CC1. The van der Waals surface area contributed by atoms with Crippen LogP contribution in [0.2, 0.25) is 0 Å². The quantitative estimate of drug-likeness (QED) is 0.782. The fraction of sp³-hybridized carbons (Fsp3) is 0.588. The minimum Gasteiger partial charge on any atom is -0.492 e. The molecule has 0 spiro atoms. The van der Waals surface area contributed by atoms with Crippen molar-refractivity contribution in [2.24, 2.45) is 0 Å². The Morgan fingerprint density at radius 2 is 1.84 bits per heavy atom. The monoisotopic (exact) mass is 360 g/mol. The van der Waals surface area contributed by atoms with Crippen LogP contribution in [0.25, 0.3) is 0 Å². The van der Waals surface area contributed by atoms with Crippen LogP contribution >= 0.6 is 0 Å². The maximum absolute atomic E-state index is 12.2. The molecule has 5 nitrogen and oxygen atoms in total. The standard InChI is InChI=1S/C17H23F3N2O3/c1-3-24-15-7-5-4-6-14(15)21-8-10-22(11-9-21)16(23)13(2)25-12-17(18,19)20/h4-7,13H,3,8-12H2,1-2H3. The lowest BCUT2D eigenvalue weighted by Gasteiger charge is -2.37. The van der Waals surface area contributed by atoms with E-state index in [2.05, 4.69) is 9.64 Å². The van der Waals surface area contributed by atoms with Crippen LogP contribution in [0.3, 0.4) is 0 Å². The summed E-state index contributed by atoms with van der Waals surface area (Å²) in [7, 11) is 0. The third-order valence-electron chi connectivity index (χ3n) is 3.94. The Morgan fingerprint density at radius 3 is 2.44 bits per heavy atom. The van der Waals surface area contributed by atoms with Crippen LogP contribution in [0.15, 0.2) is 24.3 Å². The summed E-state index contributed by atoms with van der Waals surface area (Å²) in [6.07, 6.45) is -5.54. The molecular formula is C17H23F3N2O3. The average molecular weight is 360 g/mol. The van der Waals surface area contributed by atoms with Gasteiger partial charge in [0.25, 0.3) is 5.91 Å². The molecule has 0 N–H and O–H groups in total. The van der Waals surface area contributed by atoms with Gasteiger partial charge in [-0.3, -0.25) is 4.79 Å². The molecule has 0 aliphatic carbocycles. The van der Waals surface area contributed by atoms with E-state index in [1.165, 1.54) is 6.92 Å². The normalized spacial score (nSPS) is 16.7. The van der Waals surface area contributed by atoms with Gasteiger partial charge in [-0.05, 0) is 26.0 Å². The van der Waals surface area contributed by atoms with Crippen molar-refractivity contribution in [3.8, 4) is 5.75 Å². The number of anilines is 1. The van der Waals surface area contributed by atoms with Crippen molar-refractivity contribution in [1.29, 1.82) is 0 Å². The number of nitrogens with zero attached hydrogens (tertiary/aromatic N) is 2. The topological polar surface area (TPSA) is 42.0 Å². The van der Waals surface area contributed by atoms with Gasteiger partial charge in [0.2, 0.25) is 0 Å². The second-order valence-corrected chi connectivity index (χ2v) is 5.78. The van der Waals surface area contributed by atoms with Crippen LogP contribution in [0.4, 0.5) is 18.9 Å². The van der Waals surface area contributed by atoms with E-state index in [0.717, 1.165) is 11.4 Å². The van der Waals surface area contributed by atoms with Crippen molar-refractivity contribution in [3.05, 3.63) is 24.3 Å². The van der Waals surface area contributed by atoms with Gasteiger partial charge in [0.1, 0.15) is 18.5 Å². The van der Waals surface area contributed by atoms with Gasteiger partial charge in [0.15, 0.2) is 0 Å². The zero-order valence-electron chi connectivity index (χ0n) is 14.4. The fourth-order valence-corrected chi connectivity index (χ4v) is 2.71. The third kappa shape index (κ3) is 5.52. The lowest BCUT2D eigenvalue weighted by molar-refractivity contribution is -0.188. The first-order valence-electron chi connectivity index (χ1n) is 8.25. The van der Waals surface area contributed by atoms with E-state index in [0.29, 0.717) is 32.8 Å². The summed E-state index contributed by atoms with van der Waals surface area (Å²) >= 11 is 0. The summed E-state index contributed by atoms with van der Waals surface area (Å²) in [5.41, 5.74) is 0.956. The molecule has 1 aromatic rings. The van der Waals surface area contributed by atoms with Crippen molar-refractivity contribution in [2.75, 3.05) is 44.3 Å². The number of hydrogen-bond donors (Lipinski definition) is 0. The lowest BCUT2D eigenvalue weighted by atomic mass is 10.2. The van der Waals surface area contributed by atoms with Gasteiger partial charge < -0.3 is 19.3 Å². The second-order valence-electron chi connectivity index (χ2n) is 5.78. The van der Waals surface area contributed by atoms with Crippen LogP contribution in [-0.4, -0.2) is 62.5 Å². The minimum absolute atomic E-state index is 0.415. The highest BCUT2D eigenvalue weighted by Gasteiger charge is 2.32. The number of piperazine rings is 1. The molecule has 0 radical (unpaired) electrons. The van der Waals surface area contributed by atoms with Gasteiger partial charge in [-0.2, -0.15) is 13.2 Å². The highest BCUT2D eigenvalue weighted by molar-refractivity contribution is 5.81. The Morgan fingerprint density at radius 1 is 1.20 bits per heavy atom. The van der Waals surface area contributed by atoms with Crippen molar-refractivity contribution in [1.82, 2.24) is 4.90 Å². The van der Waals surface area contributed by atoms with E-state index >= 15 is 0 Å². The highest BCUT2D eigenvalue weighted by atomic mass is 19.4. The average Bonchev–Trinajstić information content (AvgIpc) is 2.59. The zero-order valence-corrected chi connectivity index (χ0v) is 14.4. The van der Waals surface area contributed by atoms with Crippen LogP contribution in [0.5, 0.6) is 5.75 Å². The number of alkyl halides is 3. The molecule has 1 atom stereocenters. The summed E-state index contributed by atoms with van der Waals surface area (Å²) in [4.78, 5) is 15.9. The van der Waals surface area contributed by atoms with E-state index in [9.17, 15) is 18.0 Å². The number of rotatable bonds is 6. The van der Waals surface area contributed by atoms with Crippen molar-refractivity contribution in [3.63, 3.8) is 0 Å². The predicted molar refractivity (Wildman–Crippen MR) is 87.9 cm³/mol. The minimum atomic E-state index is -4.43. The summed E-state index contributed by atoms with van der Waals surface area (Å²) < 4.78 is 46.8. The number of halogens is 3. The van der Waals surface area contributed by atoms with Crippen LogP contribution in [-0.2, 0) is 9.53 Å². The Hall–Kier alpha value is -1.96. The summed E-state index contributed by atoms with van der Waals surface area (Å²) in [5.74, 6) is 0.369. The van der Waals surface area contributed by atoms with Crippen molar-refractivity contribution < 1.29 is 27.4 Å². The molecule has 1 aliphatic rings. The summed E-state index contributed by atoms with van der Waals surface area (Å²) in [6.45, 7) is 4.44. The molecule has 1 unspecified atom stereocenters. The molecule has 1 heterocycles. The van der Waals surface area contributed by atoms with Gasteiger partial charge in [-0.25, -0.2) is 0 Å². The lowest BCUT2D eigenvalue weighted by Crippen LogP contribution is -2.51. The molecule has 1 fully saturated rings. The molecular weight excluding hydrogens is 337 g/mol. The molecule has 2 rings (SSSR count). The molecule has 140 valence electrons. The zero-order chi connectivity index (χ0) is 18.4. The van der Waals surface area contributed by atoms with E-state index < -0.39 is 24.8 Å². The number of amides is 1. The Bertz CT molecular complexity index is 573. The molecule has 1 saturated heterocycles. The third-order valence-corrected chi connectivity index (χ3v) is 3.94. The maximum Gasteiger partial charge on any atom is 0.411 e. The van der Waals surface area contributed by atoms with Gasteiger partial charge in [-0.15, -0.1) is 0 Å². The van der Waals surface area contributed by atoms with Gasteiger partial charge in [0, 0.05) is 26.2 Å². The molecule has 0 saturated carbocycles. The molecule has 8 heteroatoms. The Balaban J connectivity index is 1.90. The Kier molecular flexibility index (Phi) is 6.52. The molecule has 1 aliphatic heterocycles. The number of carbonyl (C=O) groups is 1. The van der Waals surface area contributed by atoms with Gasteiger partial charge in [-0.1, -0.05) is 12.1 Å². The number of hydrogen-bond acceptors (Lipinski definition) is 4. The van der Waals surface area contributed by atoms with Gasteiger partial charge >= 0.3 is 6.18 Å². The second kappa shape index (κ2) is 8.42. The summed E-state index contributed by atoms with van der Waals surface area (Å²) in [5, 5.41) is 0. The molecule has 1 amide bonds. The maximum atomic E-state index is 12.2. The van der Waals surface area contributed by atoms with E-state index in [1.807, 2.05) is 31.2 Å². The van der Waals surface area contributed by atoms with Crippen molar-refractivity contribution >= 4 is 11.6 Å². The predicted octanol–water partition coefficient (Wildman–Crippen LogP) is 2.70. The van der Waals surface area contributed by atoms with Crippen LogP contribution in [0, 0.1) is 0 Å². The Labute approximate surface area is 145 Å². The van der Waals surface area contributed by atoms with E-state index in [4.69, 9.17) is 4.74 Å². The summed E-state index contributed by atoms with van der Waals surface area (Å²) in [6, 6.07) is 7.66. The van der Waals surface area contributed by atoms with Gasteiger partial charge in [0.05, 0.1) is 12.3 Å². The first kappa shape index (κ1) is 19.4. The number of benzene rings is 1. The van der Waals surface area contributed by atoms with Crippen molar-refractivity contribution in [2.45, 2.75) is 26.1 Å². The molecule has 0 bridgehead atoms. The van der Waals surface area contributed by atoms with Crippen LogP contribution in [0.1, 0.15) is 13.8 Å². The first-order valence-corrected chi connectivity index (χ1v) is 8.25. The number of para-hydroxylation sites is 2. The van der Waals surface area contributed by atoms with Crippen LogP contribution < -0.4 is 9.64 Å². The number of ether oxygens (including phenoxy) is 2. The van der Waals surface area contributed by atoms with E-state index in [1.54, 1.807) is 4.90 Å². The molecule has 25 heavy (non-hydrogen) atoms. The molecule has 0 aromatic heterocycles. The van der Waals surface area contributed by atoms with E-state index in [-0.39, 0.29) is 0 Å². The smallest absolute Gasteiger partial charge is 0.411 e. The number of carbonyl (C=O) groups excluding carboxylic acids is 1. The molecule has 1 aromatic carbocycles. The highest BCUT2D eigenvalue weighted by Crippen LogP contribution is 2.29. The fourth-order valence-electron chi connectivity index (χ4n) is 2.71. The first-order chi connectivity index (χ1) is 11.8. The largest absolute Gasteiger partial charge is 0.492 e.